The van der Waals surface area contributed by atoms with E-state index in [1.54, 1.807) is 44.6 Å². The number of anilines is 1. The van der Waals surface area contributed by atoms with E-state index >= 15 is 0 Å². The van der Waals surface area contributed by atoms with Gasteiger partial charge in [-0.25, -0.2) is 0 Å². The summed E-state index contributed by atoms with van der Waals surface area (Å²) in [7, 11) is 3.09. The summed E-state index contributed by atoms with van der Waals surface area (Å²) in [5, 5.41) is 10.2. The summed E-state index contributed by atoms with van der Waals surface area (Å²) in [4.78, 5) is 12.4. The van der Waals surface area contributed by atoms with Crippen LogP contribution in [0.4, 0.5) is 5.69 Å². The summed E-state index contributed by atoms with van der Waals surface area (Å²) in [6.07, 6.45) is 0. The van der Waals surface area contributed by atoms with Gasteiger partial charge in [-0.3, -0.25) is 9.89 Å². The molecule has 0 bridgehead atoms. The fourth-order valence-electron chi connectivity index (χ4n) is 2.32. The van der Waals surface area contributed by atoms with E-state index in [0.717, 1.165) is 5.56 Å². The van der Waals surface area contributed by atoms with Crippen LogP contribution in [0.1, 0.15) is 10.5 Å². The lowest BCUT2D eigenvalue weighted by atomic mass is 10.1. The summed E-state index contributed by atoms with van der Waals surface area (Å²) in [5.74, 6) is 0.827. The summed E-state index contributed by atoms with van der Waals surface area (Å²) in [6, 6.07) is 14.1. The van der Waals surface area contributed by atoms with Gasteiger partial charge in [0.1, 0.15) is 17.2 Å². The number of aromatic amines is 1. The maximum Gasteiger partial charge on any atom is 0.273 e. The van der Waals surface area contributed by atoms with Crippen molar-refractivity contribution >= 4 is 23.2 Å². The van der Waals surface area contributed by atoms with Gasteiger partial charge in [0.15, 0.2) is 0 Å². The van der Waals surface area contributed by atoms with E-state index < -0.39 is 0 Å². The van der Waals surface area contributed by atoms with Gasteiger partial charge in [-0.15, -0.1) is 0 Å². The Kier molecular flexibility index (Phi) is 4.90. The minimum atomic E-state index is -0.332. The SMILES string of the molecule is COc1cc(NC(=O)c2cc(-c3ccccc3Cl)n[nH]2)cc(OC)c1. The highest BCUT2D eigenvalue weighted by Crippen LogP contribution is 2.28. The average Bonchev–Trinajstić information content (AvgIpc) is 3.11. The van der Waals surface area contributed by atoms with Crippen LogP contribution in [0.2, 0.25) is 5.02 Å². The molecule has 0 saturated heterocycles. The van der Waals surface area contributed by atoms with Gasteiger partial charge in [0.25, 0.3) is 5.91 Å². The van der Waals surface area contributed by atoms with Crippen molar-refractivity contribution in [3.63, 3.8) is 0 Å². The first kappa shape index (κ1) is 16.9. The van der Waals surface area contributed by atoms with Crippen molar-refractivity contribution in [2.75, 3.05) is 19.5 Å². The number of halogens is 1. The molecule has 0 spiro atoms. The first-order valence-corrected chi connectivity index (χ1v) is 7.83. The number of nitrogens with zero attached hydrogens (tertiary/aromatic N) is 1. The second kappa shape index (κ2) is 7.27. The van der Waals surface area contributed by atoms with E-state index in [1.165, 1.54) is 0 Å². The van der Waals surface area contributed by atoms with E-state index in [9.17, 15) is 4.79 Å². The van der Waals surface area contributed by atoms with E-state index in [0.29, 0.717) is 33.6 Å². The predicted octanol–water partition coefficient (Wildman–Crippen LogP) is 4.00. The molecule has 0 radical (unpaired) electrons. The van der Waals surface area contributed by atoms with Crippen LogP contribution in [0.15, 0.2) is 48.5 Å². The Morgan fingerprint density at radius 1 is 1.08 bits per heavy atom. The number of methoxy groups -OCH3 is 2. The van der Waals surface area contributed by atoms with Gasteiger partial charge >= 0.3 is 0 Å². The van der Waals surface area contributed by atoms with Gasteiger partial charge in [0.05, 0.1) is 24.9 Å². The number of carbonyl (C=O) groups excluding carboxylic acids is 1. The summed E-state index contributed by atoms with van der Waals surface area (Å²) < 4.78 is 10.4. The van der Waals surface area contributed by atoms with E-state index in [-0.39, 0.29) is 5.91 Å². The number of nitrogens with one attached hydrogen (secondary N) is 2. The number of hydrogen-bond acceptors (Lipinski definition) is 4. The Balaban J connectivity index is 1.82. The Morgan fingerprint density at radius 3 is 2.40 bits per heavy atom. The molecule has 128 valence electrons. The highest BCUT2D eigenvalue weighted by atomic mass is 35.5. The zero-order valence-electron chi connectivity index (χ0n) is 13.7. The lowest BCUT2D eigenvalue weighted by molar-refractivity contribution is 0.102. The highest BCUT2D eigenvalue weighted by Gasteiger charge is 2.14. The van der Waals surface area contributed by atoms with Crippen LogP contribution in [0.3, 0.4) is 0 Å². The molecule has 1 heterocycles. The van der Waals surface area contributed by atoms with Crippen molar-refractivity contribution in [2.24, 2.45) is 0 Å². The molecule has 3 aromatic rings. The number of rotatable bonds is 5. The van der Waals surface area contributed by atoms with Gasteiger partial charge in [-0.2, -0.15) is 5.10 Å². The van der Waals surface area contributed by atoms with Crippen LogP contribution in [-0.2, 0) is 0 Å². The standard InChI is InChI=1S/C18H16ClN3O3/c1-24-12-7-11(8-13(9-12)25-2)20-18(23)17-10-16(21-22-17)14-5-3-4-6-15(14)19/h3-10H,1-2H3,(H,20,23)(H,21,22). The number of amides is 1. The second-order valence-electron chi connectivity index (χ2n) is 5.20. The molecule has 7 heteroatoms. The lowest BCUT2D eigenvalue weighted by Gasteiger charge is -2.09. The molecular weight excluding hydrogens is 342 g/mol. The maximum absolute atomic E-state index is 12.4. The fourth-order valence-corrected chi connectivity index (χ4v) is 2.56. The molecule has 6 nitrogen and oxygen atoms in total. The molecule has 2 aromatic carbocycles. The second-order valence-corrected chi connectivity index (χ2v) is 5.61. The van der Waals surface area contributed by atoms with Crippen LogP contribution in [0.25, 0.3) is 11.3 Å². The Bertz CT molecular complexity index is 886. The van der Waals surface area contributed by atoms with E-state index in [2.05, 4.69) is 15.5 Å². The van der Waals surface area contributed by atoms with E-state index in [1.807, 2.05) is 18.2 Å². The number of ether oxygens (including phenoxy) is 2. The molecule has 0 unspecified atom stereocenters. The molecule has 3 rings (SSSR count). The van der Waals surface area contributed by atoms with Crippen molar-refractivity contribution < 1.29 is 14.3 Å². The fraction of sp³-hybridized carbons (Fsp3) is 0.111. The van der Waals surface area contributed by atoms with E-state index in [4.69, 9.17) is 21.1 Å². The van der Waals surface area contributed by atoms with Gasteiger partial charge in [0, 0.05) is 29.4 Å². The molecule has 0 saturated carbocycles. The average molecular weight is 358 g/mol. The molecule has 25 heavy (non-hydrogen) atoms. The largest absolute Gasteiger partial charge is 0.497 e. The topological polar surface area (TPSA) is 76.2 Å². The van der Waals surface area contributed by atoms with Crippen LogP contribution in [-0.4, -0.2) is 30.3 Å². The van der Waals surface area contributed by atoms with Gasteiger partial charge in [0.2, 0.25) is 0 Å². The van der Waals surface area contributed by atoms with Crippen molar-refractivity contribution in [2.45, 2.75) is 0 Å². The highest BCUT2D eigenvalue weighted by molar-refractivity contribution is 6.33. The Labute approximate surface area is 149 Å². The lowest BCUT2D eigenvalue weighted by Crippen LogP contribution is -2.12. The molecule has 1 amide bonds. The van der Waals surface area contributed by atoms with Crippen LogP contribution in [0.5, 0.6) is 11.5 Å². The van der Waals surface area contributed by atoms with Gasteiger partial charge in [-0.05, 0) is 12.1 Å². The van der Waals surface area contributed by atoms with Crippen LogP contribution in [0, 0.1) is 0 Å². The zero-order valence-corrected chi connectivity index (χ0v) is 14.4. The Morgan fingerprint density at radius 2 is 1.76 bits per heavy atom. The zero-order chi connectivity index (χ0) is 17.8. The van der Waals surface area contributed by atoms with Crippen LogP contribution >= 0.6 is 11.6 Å². The monoisotopic (exact) mass is 357 g/mol. The smallest absolute Gasteiger partial charge is 0.273 e. The molecular formula is C18H16ClN3O3. The van der Waals surface area contributed by atoms with Crippen molar-refractivity contribution in [3.05, 3.63) is 59.2 Å². The number of hydrogen-bond donors (Lipinski definition) is 2. The molecule has 0 aliphatic rings. The third kappa shape index (κ3) is 3.75. The van der Waals surface area contributed by atoms with Crippen molar-refractivity contribution in [1.82, 2.24) is 10.2 Å². The quantitative estimate of drug-likeness (QED) is 0.723. The number of carbonyl (C=O) groups is 1. The summed E-state index contributed by atoms with van der Waals surface area (Å²) in [5.41, 5.74) is 2.22. The van der Waals surface area contributed by atoms with Crippen molar-refractivity contribution in [1.29, 1.82) is 0 Å². The maximum atomic E-state index is 12.4. The number of benzene rings is 2. The molecule has 0 atom stereocenters. The number of H-pyrrole nitrogens is 1. The van der Waals surface area contributed by atoms with Crippen LogP contribution < -0.4 is 14.8 Å². The first-order chi connectivity index (χ1) is 12.1. The Hall–Kier alpha value is -2.99. The predicted molar refractivity (Wildman–Crippen MR) is 96.5 cm³/mol. The van der Waals surface area contributed by atoms with Gasteiger partial charge in [-0.1, -0.05) is 29.8 Å². The molecule has 0 aliphatic heterocycles. The molecule has 0 aliphatic carbocycles. The minimum absolute atomic E-state index is 0.316. The first-order valence-electron chi connectivity index (χ1n) is 7.45. The number of aromatic nitrogens is 2. The molecule has 2 N–H and O–H groups in total. The normalized spacial score (nSPS) is 10.4. The summed E-state index contributed by atoms with van der Waals surface area (Å²) >= 11 is 6.16. The molecule has 0 fully saturated rings. The summed E-state index contributed by atoms with van der Waals surface area (Å²) in [6.45, 7) is 0. The minimum Gasteiger partial charge on any atom is -0.497 e. The van der Waals surface area contributed by atoms with Gasteiger partial charge < -0.3 is 14.8 Å². The third-order valence-corrected chi connectivity index (χ3v) is 3.91. The van der Waals surface area contributed by atoms with Crippen molar-refractivity contribution in [3.8, 4) is 22.8 Å². The third-order valence-electron chi connectivity index (χ3n) is 3.58. The molecule has 1 aromatic heterocycles.